The van der Waals surface area contributed by atoms with Crippen LogP contribution < -0.4 is 5.32 Å². The molecule has 2 aromatic carbocycles. The van der Waals surface area contributed by atoms with Gasteiger partial charge in [0, 0.05) is 5.56 Å². The van der Waals surface area contributed by atoms with Crippen LogP contribution in [0.5, 0.6) is 0 Å². The molecule has 5 heteroatoms. The summed E-state index contributed by atoms with van der Waals surface area (Å²) in [6, 6.07) is 11.3. The van der Waals surface area contributed by atoms with Crippen molar-refractivity contribution in [3.63, 3.8) is 0 Å². The summed E-state index contributed by atoms with van der Waals surface area (Å²) in [6.07, 6.45) is 0. The molecule has 0 radical (unpaired) electrons. The predicted octanol–water partition coefficient (Wildman–Crippen LogP) is 2.25. The first-order valence-corrected chi connectivity index (χ1v) is 6.97. The fourth-order valence-electron chi connectivity index (χ4n) is 2.18. The zero-order valence-corrected chi connectivity index (χ0v) is 12.4. The van der Waals surface area contributed by atoms with Crippen molar-refractivity contribution in [2.75, 3.05) is 0 Å². The Balaban J connectivity index is 2.22. The van der Waals surface area contributed by atoms with E-state index >= 15 is 0 Å². The van der Waals surface area contributed by atoms with Crippen LogP contribution in [0.1, 0.15) is 24.2 Å². The SMILES string of the molecule is CC(C)[C@H](NC(=O)C(=O)c1ccc2ccccc2c1)C(=O)O. The molecule has 0 spiro atoms. The first-order chi connectivity index (χ1) is 10.4. The van der Waals surface area contributed by atoms with Crippen LogP contribution in [-0.4, -0.2) is 28.8 Å². The van der Waals surface area contributed by atoms with Crippen LogP contribution in [0.2, 0.25) is 0 Å². The summed E-state index contributed by atoms with van der Waals surface area (Å²) >= 11 is 0. The van der Waals surface area contributed by atoms with E-state index < -0.39 is 23.7 Å². The Kier molecular flexibility index (Phi) is 4.56. The van der Waals surface area contributed by atoms with E-state index in [1.807, 2.05) is 24.3 Å². The number of fused-ring (bicyclic) bond motifs is 1. The van der Waals surface area contributed by atoms with E-state index in [0.29, 0.717) is 0 Å². The third kappa shape index (κ3) is 3.31. The minimum absolute atomic E-state index is 0.240. The zero-order valence-electron chi connectivity index (χ0n) is 12.4. The smallest absolute Gasteiger partial charge is 0.326 e. The number of Topliss-reactive ketones (excluding diaryl/α,β-unsaturated/α-hetero) is 1. The molecule has 22 heavy (non-hydrogen) atoms. The number of aliphatic carboxylic acids is 1. The van der Waals surface area contributed by atoms with E-state index in [1.165, 1.54) is 0 Å². The summed E-state index contributed by atoms with van der Waals surface area (Å²) in [4.78, 5) is 35.2. The van der Waals surface area contributed by atoms with Crippen molar-refractivity contribution in [1.82, 2.24) is 5.32 Å². The monoisotopic (exact) mass is 299 g/mol. The highest BCUT2D eigenvalue weighted by atomic mass is 16.4. The summed E-state index contributed by atoms with van der Waals surface area (Å²) in [5.74, 6) is -3.12. The van der Waals surface area contributed by atoms with Gasteiger partial charge >= 0.3 is 5.97 Å². The Labute approximate surface area is 127 Å². The van der Waals surface area contributed by atoms with Gasteiger partial charge in [-0.15, -0.1) is 0 Å². The summed E-state index contributed by atoms with van der Waals surface area (Å²) < 4.78 is 0. The molecule has 2 aromatic rings. The predicted molar refractivity (Wildman–Crippen MR) is 82.7 cm³/mol. The van der Waals surface area contributed by atoms with Gasteiger partial charge in [0.25, 0.3) is 5.91 Å². The number of nitrogens with one attached hydrogen (secondary N) is 1. The van der Waals surface area contributed by atoms with Gasteiger partial charge in [0.2, 0.25) is 5.78 Å². The molecule has 2 rings (SSSR count). The highest BCUT2D eigenvalue weighted by Gasteiger charge is 2.27. The van der Waals surface area contributed by atoms with Gasteiger partial charge in [0.1, 0.15) is 6.04 Å². The molecule has 0 unspecified atom stereocenters. The molecule has 0 fully saturated rings. The number of carbonyl (C=O) groups excluding carboxylic acids is 2. The molecule has 114 valence electrons. The van der Waals surface area contributed by atoms with Crippen molar-refractivity contribution in [3.05, 3.63) is 48.0 Å². The van der Waals surface area contributed by atoms with Crippen LogP contribution in [-0.2, 0) is 9.59 Å². The van der Waals surface area contributed by atoms with Gasteiger partial charge in [-0.05, 0) is 22.8 Å². The van der Waals surface area contributed by atoms with Crippen molar-refractivity contribution in [1.29, 1.82) is 0 Å². The fourth-order valence-corrected chi connectivity index (χ4v) is 2.18. The Morgan fingerprint density at radius 3 is 2.23 bits per heavy atom. The third-order valence-electron chi connectivity index (χ3n) is 3.44. The van der Waals surface area contributed by atoms with Gasteiger partial charge in [-0.1, -0.05) is 50.2 Å². The number of hydrogen-bond acceptors (Lipinski definition) is 3. The van der Waals surface area contributed by atoms with Crippen LogP contribution in [0.3, 0.4) is 0 Å². The molecule has 2 N–H and O–H groups in total. The Morgan fingerprint density at radius 1 is 1.00 bits per heavy atom. The van der Waals surface area contributed by atoms with Gasteiger partial charge in [-0.2, -0.15) is 0 Å². The van der Waals surface area contributed by atoms with Gasteiger partial charge in [0.05, 0.1) is 0 Å². The van der Waals surface area contributed by atoms with Crippen molar-refractivity contribution < 1.29 is 19.5 Å². The second-order valence-corrected chi connectivity index (χ2v) is 5.42. The summed E-state index contributed by atoms with van der Waals surface area (Å²) in [5.41, 5.74) is 0.240. The molecule has 0 aliphatic carbocycles. The first kappa shape index (κ1) is 15.7. The third-order valence-corrected chi connectivity index (χ3v) is 3.44. The minimum Gasteiger partial charge on any atom is -0.480 e. The van der Waals surface area contributed by atoms with Gasteiger partial charge < -0.3 is 10.4 Å². The molecule has 0 aromatic heterocycles. The van der Waals surface area contributed by atoms with Crippen LogP contribution in [0, 0.1) is 5.92 Å². The number of hydrogen-bond donors (Lipinski definition) is 2. The number of amides is 1. The lowest BCUT2D eigenvalue weighted by molar-refractivity contribution is -0.142. The van der Waals surface area contributed by atoms with Crippen molar-refractivity contribution in [2.45, 2.75) is 19.9 Å². The van der Waals surface area contributed by atoms with E-state index in [-0.39, 0.29) is 11.5 Å². The van der Waals surface area contributed by atoms with Crippen LogP contribution in [0.15, 0.2) is 42.5 Å². The highest BCUT2D eigenvalue weighted by Crippen LogP contribution is 2.16. The second-order valence-electron chi connectivity index (χ2n) is 5.42. The quantitative estimate of drug-likeness (QED) is 0.655. The van der Waals surface area contributed by atoms with Crippen LogP contribution in [0.25, 0.3) is 10.8 Å². The fraction of sp³-hybridized carbons (Fsp3) is 0.235. The molecule has 1 amide bonds. The van der Waals surface area contributed by atoms with Crippen molar-refractivity contribution in [2.24, 2.45) is 5.92 Å². The van der Waals surface area contributed by atoms with Gasteiger partial charge in [0.15, 0.2) is 0 Å². The first-order valence-electron chi connectivity index (χ1n) is 6.97. The van der Waals surface area contributed by atoms with Crippen molar-refractivity contribution in [3.8, 4) is 0 Å². The lowest BCUT2D eigenvalue weighted by atomic mass is 10.0. The number of rotatable bonds is 5. The molecule has 5 nitrogen and oxygen atoms in total. The second kappa shape index (κ2) is 6.39. The Morgan fingerprint density at radius 2 is 1.64 bits per heavy atom. The lowest BCUT2D eigenvalue weighted by Gasteiger charge is -2.17. The number of carboxylic acids is 1. The van der Waals surface area contributed by atoms with Gasteiger partial charge in [-0.3, -0.25) is 9.59 Å². The number of carboxylic acid groups (broad SMARTS) is 1. The molecule has 0 aliphatic heterocycles. The van der Waals surface area contributed by atoms with Crippen LogP contribution in [0.4, 0.5) is 0 Å². The largest absolute Gasteiger partial charge is 0.480 e. The normalized spacial score (nSPS) is 12.1. The summed E-state index contributed by atoms with van der Waals surface area (Å²) in [7, 11) is 0. The molecule has 0 saturated heterocycles. The maximum Gasteiger partial charge on any atom is 0.326 e. The lowest BCUT2D eigenvalue weighted by Crippen LogP contribution is -2.46. The maximum absolute atomic E-state index is 12.2. The number of ketones is 1. The summed E-state index contributed by atoms with van der Waals surface area (Å²) in [5, 5.41) is 13.1. The van der Waals surface area contributed by atoms with E-state index in [4.69, 9.17) is 5.11 Å². The minimum atomic E-state index is -1.16. The highest BCUT2D eigenvalue weighted by molar-refractivity contribution is 6.43. The van der Waals surface area contributed by atoms with E-state index in [9.17, 15) is 14.4 Å². The van der Waals surface area contributed by atoms with Crippen LogP contribution >= 0.6 is 0 Å². The number of benzene rings is 2. The summed E-state index contributed by atoms with van der Waals surface area (Å²) in [6.45, 7) is 3.33. The molecule has 1 atom stereocenters. The van der Waals surface area contributed by atoms with E-state index in [0.717, 1.165) is 10.8 Å². The maximum atomic E-state index is 12.2. The molecular formula is C17H17NO4. The van der Waals surface area contributed by atoms with E-state index in [2.05, 4.69) is 5.32 Å². The molecule has 0 heterocycles. The number of carbonyl (C=O) groups is 3. The molecule has 0 aliphatic rings. The Hall–Kier alpha value is -2.69. The van der Waals surface area contributed by atoms with Gasteiger partial charge in [-0.25, -0.2) is 4.79 Å². The zero-order chi connectivity index (χ0) is 16.3. The molecular weight excluding hydrogens is 282 g/mol. The van der Waals surface area contributed by atoms with Crippen molar-refractivity contribution >= 4 is 28.4 Å². The average molecular weight is 299 g/mol. The average Bonchev–Trinajstić information content (AvgIpc) is 2.50. The Bertz CT molecular complexity index is 736. The van der Waals surface area contributed by atoms with E-state index in [1.54, 1.807) is 32.0 Å². The molecule has 0 saturated carbocycles. The standard InChI is InChI=1S/C17H17NO4/c1-10(2)14(17(21)22)18-16(20)15(19)13-8-7-11-5-3-4-6-12(11)9-13/h3-10,14H,1-2H3,(H,18,20)(H,21,22)/t14-/m0/s1. The topological polar surface area (TPSA) is 83.5 Å². The molecule has 0 bridgehead atoms.